The molecule has 3 heteroatoms. The van der Waals surface area contributed by atoms with Crippen LogP contribution in [0.5, 0.6) is 0 Å². The van der Waals surface area contributed by atoms with Crippen LogP contribution in [-0.2, 0) is 11.3 Å². The highest BCUT2D eigenvalue weighted by Crippen LogP contribution is 2.44. The van der Waals surface area contributed by atoms with Gasteiger partial charge in [-0.1, -0.05) is 36.0 Å². The van der Waals surface area contributed by atoms with Gasteiger partial charge in [0, 0.05) is 16.9 Å². The monoisotopic (exact) mass is 258 g/mol. The summed E-state index contributed by atoms with van der Waals surface area (Å²) in [5, 5.41) is 10.5. The summed E-state index contributed by atoms with van der Waals surface area (Å²) in [6.07, 6.45) is -0.533. The van der Waals surface area contributed by atoms with Gasteiger partial charge in [-0.05, 0) is 34.9 Å². The number of benzene rings is 2. The Kier molecular flexibility index (Phi) is 3.12. The minimum atomic E-state index is -0.533. The van der Waals surface area contributed by atoms with E-state index < -0.39 is 6.10 Å². The van der Waals surface area contributed by atoms with Crippen LogP contribution in [0.2, 0.25) is 0 Å². The average molecular weight is 258 g/mol. The topological polar surface area (TPSA) is 29.5 Å². The third-order valence-corrected chi connectivity index (χ3v) is 4.30. The van der Waals surface area contributed by atoms with E-state index in [0.717, 1.165) is 26.5 Å². The van der Waals surface area contributed by atoms with Crippen molar-refractivity contribution in [1.82, 2.24) is 0 Å². The molecule has 18 heavy (non-hydrogen) atoms. The molecule has 3 rings (SSSR count). The highest BCUT2D eigenvalue weighted by Gasteiger charge is 2.24. The third kappa shape index (κ3) is 1.94. The smallest absolute Gasteiger partial charge is 0.106 e. The normalized spacial score (nSPS) is 17.1. The van der Waals surface area contributed by atoms with Gasteiger partial charge in [0.1, 0.15) is 6.10 Å². The van der Waals surface area contributed by atoms with E-state index in [2.05, 4.69) is 18.2 Å². The second-order valence-electron chi connectivity index (χ2n) is 4.35. The zero-order valence-corrected chi connectivity index (χ0v) is 10.9. The molecule has 1 aliphatic heterocycles. The van der Waals surface area contributed by atoms with Gasteiger partial charge in [0.2, 0.25) is 0 Å². The fraction of sp³-hybridized carbons (Fsp3) is 0.200. The molecule has 1 N–H and O–H groups in total. The van der Waals surface area contributed by atoms with Crippen LogP contribution in [0, 0.1) is 0 Å². The molecular weight excluding hydrogens is 244 g/mol. The Hall–Kier alpha value is -1.29. The Morgan fingerprint density at radius 3 is 2.72 bits per heavy atom. The lowest BCUT2D eigenvalue weighted by atomic mass is 9.99. The fourth-order valence-electron chi connectivity index (χ4n) is 2.25. The van der Waals surface area contributed by atoms with Crippen molar-refractivity contribution < 1.29 is 9.84 Å². The summed E-state index contributed by atoms with van der Waals surface area (Å²) >= 11 is 1.71. The van der Waals surface area contributed by atoms with Gasteiger partial charge in [-0.2, -0.15) is 0 Å². The van der Waals surface area contributed by atoms with Gasteiger partial charge in [-0.3, -0.25) is 0 Å². The summed E-state index contributed by atoms with van der Waals surface area (Å²) in [4.78, 5) is 2.26. The Labute approximate surface area is 111 Å². The van der Waals surface area contributed by atoms with Crippen molar-refractivity contribution in [3.05, 3.63) is 59.2 Å². The molecule has 1 heterocycles. The number of rotatable bonds is 2. The summed E-state index contributed by atoms with van der Waals surface area (Å²) in [7, 11) is 1.68. The Morgan fingerprint density at radius 2 is 1.89 bits per heavy atom. The summed E-state index contributed by atoms with van der Waals surface area (Å²) < 4.78 is 5.14. The Balaban J connectivity index is 2.05. The first kappa shape index (κ1) is 11.8. The average Bonchev–Trinajstić information content (AvgIpc) is 2.40. The minimum Gasteiger partial charge on any atom is -0.384 e. The molecule has 1 aliphatic rings. The summed E-state index contributed by atoms with van der Waals surface area (Å²) in [6, 6.07) is 14.2. The molecule has 0 aliphatic carbocycles. The lowest BCUT2D eigenvalue weighted by Crippen LogP contribution is -2.08. The molecule has 92 valence electrons. The van der Waals surface area contributed by atoms with Crippen molar-refractivity contribution in [2.24, 2.45) is 0 Å². The molecule has 0 spiro atoms. The van der Waals surface area contributed by atoms with Crippen LogP contribution in [0.1, 0.15) is 22.8 Å². The van der Waals surface area contributed by atoms with E-state index in [4.69, 9.17) is 4.74 Å². The summed E-state index contributed by atoms with van der Waals surface area (Å²) in [6.45, 7) is 0.576. The van der Waals surface area contributed by atoms with E-state index in [1.165, 1.54) is 0 Å². The molecule has 0 radical (unpaired) electrons. The van der Waals surface area contributed by atoms with Gasteiger partial charge in [0.25, 0.3) is 0 Å². The lowest BCUT2D eigenvalue weighted by molar-refractivity contribution is 0.183. The quantitative estimate of drug-likeness (QED) is 0.895. The van der Waals surface area contributed by atoms with E-state index in [1.54, 1.807) is 18.9 Å². The van der Waals surface area contributed by atoms with Gasteiger partial charge in [-0.25, -0.2) is 0 Å². The minimum absolute atomic E-state index is 0.533. The lowest BCUT2D eigenvalue weighted by Gasteiger charge is -2.24. The van der Waals surface area contributed by atoms with Gasteiger partial charge >= 0.3 is 0 Å². The van der Waals surface area contributed by atoms with Crippen molar-refractivity contribution in [1.29, 1.82) is 0 Å². The summed E-state index contributed by atoms with van der Waals surface area (Å²) in [5.74, 6) is 0. The number of hydrogen-bond donors (Lipinski definition) is 1. The van der Waals surface area contributed by atoms with E-state index in [9.17, 15) is 5.11 Å². The first-order chi connectivity index (χ1) is 8.79. The summed E-state index contributed by atoms with van der Waals surface area (Å²) in [5.41, 5.74) is 3.06. The fourth-order valence-corrected chi connectivity index (χ4v) is 3.35. The Morgan fingerprint density at radius 1 is 1.11 bits per heavy atom. The highest BCUT2D eigenvalue weighted by atomic mass is 32.2. The predicted molar refractivity (Wildman–Crippen MR) is 71.8 cm³/mol. The van der Waals surface area contributed by atoms with Crippen LogP contribution in [0.3, 0.4) is 0 Å². The van der Waals surface area contributed by atoms with Crippen molar-refractivity contribution in [2.45, 2.75) is 22.5 Å². The third-order valence-electron chi connectivity index (χ3n) is 3.11. The number of aliphatic hydroxyl groups is 1. The van der Waals surface area contributed by atoms with Crippen LogP contribution in [0.15, 0.2) is 52.3 Å². The van der Waals surface area contributed by atoms with Crippen LogP contribution in [0.4, 0.5) is 0 Å². The van der Waals surface area contributed by atoms with Crippen molar-refractivity contribution in [3.63, 3.8) is 0 Å². The van der Waals surface area contributed by atoms with E-state index in [1.807, 2.05) is 24.3 Å². The number of fused-ring (bicyclic) bond motifs is 2. The second kappa shape index (κ2) is 4.76. The van der Waals surface area contributed by atoms with E-state index in [0.29, 0.717) is 6.61 Å². The molecular formula is C15H14O2S. The molecule has 0 bridgehead atoms. The number of methoxy groups -OCH3 is 1. The maximum atomic E-state index is 10.5. The first-order valence-corrected chi connectivity index (χ1v) is 6.68. The predicted octanol–water partition coefficient (Wildman–Crippen LogP) is 3.38. The molecule has 2 nitrogen and oxygen atoms in total. The SMILES string of the molecule is COCc1ccc2c(c1)[C@H](O)c1ccccc1S2. The molecule has 0 saturated heterocycles. The van der Waals surface area contributed by atoms with Crippen LogP contribution in [0.25, 0.3) is 0 Å². The van der Waals surface area contributed by atoms with Crippen molar-refractivity contribution >= 4 is 11.8 Å². The molecule has 0 saturated carbocycles. The van der Waals surface area contributed by atoms with Gasteiger partial charge in [0.15, 0.2) is 0 Å². The van der Waals surface area contributed by atoms with E-state index in [-0.39, 0.29) is 0 Å². The maximum Gasteiger partial charge on any atom is 0.106 e. The molecule has 0 aromatic heterocycles. The molecule has 0 unspecified atom stereocenters. The Bertz CT molecular complexity index is 580. The molecule has 1 atom stereocenters. The second-order valence-corrected chi connectivity index (χ2v) is 5.43. The van der Waals surface area contributed by atoms with Crippen molar-refractivity contribution in [2.75, 3.05) is 7.11 Å². The van der Waals surface area contributed by atoms with Crippen molar-refractivity contribution in [3.8, 4) is 0 Å². The first-order valence-electron chi connectivity index (χ1n) is 5.86. The number of aliphatic hydroxyl groups excluding tert-OH is 1. The molecule has 2 aromatic rings. The number of hydrogen-bond acceptors (Lipinski definition) is 3. The molecule has 0 fully saturated rings. The van der Waals surface area contributed by atoms with Gasteiger partial charge in [-0.15, -0.1) is 0 Å². The largest absolute Gasteiger partial charge is 0.384 e. The molecule has 0 amide bonds. The van der Waals surface area contributed by atoms with Crippen LogP contribution in [-0.4, -0.2) is 12.2 Å². The maximum absolute atomic E-state index is 10.5. The van der Waals surface area contributed by atoms with Crippen LogP contribution >= 0.6 is 11.8 Å². The zero-order valence-electron chi connectivity index (χ0n) is 10.1. The standard InChI is InChI=1S/C15H14O2S/c1-17-9-10-6-7-14-12(8-10)15(16)11-4-2-3-5-13(11)18-14/h2-8,15-16H,9H2,1H3/t15-/m1/s1. The highest BCUT2D eigenvalue weighted by molar-refractivity contribution is 7.99. The zero-order chi connectivity index (χ0) is 12.5. The molecule has 2 aromatic carbocycles. The van der Waals surface area contributed by atoms with E-state index >= 15 is 0 Å². The number of ether oxygens (including phenoxy) is 1. The van der Waals surface area contributed by atoms with Gasteiger partial charge in [0.05, 0.1) is 6.61 Å². The van der Waals surface area contributed by atoms with Gasteiger partial charge < -0.3 is 9.84 Å². The van der Waals surface area contributed by atoms with Crippen LogP contribution < -0.4 is 0 Å².